The summed E-state index contributed by atoms with van der Waals surface area (Å²) in [5, 5.41) is 14.7. The average molecular weight is 256 g/mol. The van der Waals surface area contributed by atoms with Gasteiger partial charge < -0.3 is 15.7 Å². The quantitative estimate of drug-likeness (QED) is 0.618. The molecular formula is C13H24N2O3. The number of hydrogen-bond donors (Lipinski definition) is 3. The van der Waals surface area contributed by atoms with E-state index in [0.717, 1.165) is 12.8 Å². The molecule has 1 aliphatic heterocycles. The zero-order valence-electron chi connectivity index (χ0n) is 11.3. The lowest BCUT2D eigenvalue weighted by molar-refractivity contribution is -0.127. The molecule has 1 heterocycles. The fraction of sp³-hybridized carbons (Fsp3) is 0.846. The van der Waals surface area contributed by atoms with Gasteiger partial charge in [0.25, 0.3) is 0 Å². The third-order valence-electron chi connectivity index (χ3n) is 4.13. The molecule has 0 aromatic heterocycles. The predicted octanol–water partition coefficient (Wildman–Crippen LogP) is 0.428. The number of rotatable bonds is 7. The molecule has 0 aromatic rings. The van der Waals surface area contributed by atoms with Gasteiger partial charge in [-0.15, -0.1) is 0 Å². The second kappa shape index (κ2) is 6.73. The van der Waals surface area contributed by atoms with Crippen LogP contribution < -0.4 is 10.6 Å². The Morgan fingerprint density at radius 3 is 2.61 bits per heavy atom. The monoisotopic (exact) mass is 256 g/mol. The van der Waals surface area contributed by atoms with Gasteiger partial charge in [0.05, 0.1) is 5.92 Å². The van der Waals surface area contributed by atoms with Crippen LogP contribution in [0.25, 0.3) is 0 Å². The summed E-state index contributed by atoms with van der Waals surface area (Å²) in [6, 6.07) is 0. The molecule has 0 aliphatic carbocycles. The average Bonchev–Trinajstić information content (AvgIpc) is 2.81. The van der Waals surface area contributed by atoms with Crippen molar-refractivity contribution in [3.8, 4) is 0 Å². The van der Waals surface area contributed by atoms with Gasteiger partial charge in [-0.3, -0.25) is 9.59 Å². The highest BCUT2D eigenvalue weighted by Crippen LogP contribution is 2.29. The Bertz CT molecular complexity index is 301. The minimum absolute atomic E-state index is 0.0273. The minimum atomic E-state index is -0.238. The van der Waals surface area contributed by atoms with Crippen molar-refractivity contribution in [2.24, 2.45) is 11.3 Å². The summed E-state index contributed by atoms with van der Waals surface area (Å²) in [6.07, 6.45) is 2.83. The van der Waals surface area contributed by atoms with Gasteiger partial charge in [0.2, 0.25) is 11.8 Å². The van der Waals surface area contributed by atoms with Crippen LogP contribution in [0.1, 0.15) is 39.5 Å². The van der Waals surface area contributed by atoms with E-state index in [1.807, 2.05) is 0 Å². The Kier molecular flexibility index (Phi) is 5.59. The molecule has 0 saturated carbocycles. The molecule has 1 rings (SSSR count). The van der Waals surface area contributed by atoms with Gasteiger partial charge in [0.15, 0.2) is 0 Å². The zero-order chi connectivity index (χ0) is 13.6. The van der Waals surface area contributed by atoms with E-state index < -0.39 is 0 Å². The van der Waals surface area contributed by atoms with Crippen molar-refractivity contribution in [3.63, 3.8) is 0 Å². The van der Waals surface area contributed by atoms with Crippen molar-refractivity contribution in [3.05, 3.63) is 0 Å². The number of amides is 2. The van der Waals surface area contributed by atoms with E-state index in [1.165, 1.54) is 0 Å². The van der Waals surface area contributed by atoms with Crippen LogP contribution in [0.5, 0.6) is 0 Å². The molecule has 1 atom stereocenters. The van der Waals surface area contributed by atoms with Crippen molar-refractivity contribution >= 4 is 11.8 Å². The number of carbonyl (C=O) groups excluding carboxylic acids is 2. The van der Waals surface area contributed by atoms with Gasteiger partial charge in [0.1, 0.15) is 0 Å². The summed E-state index contributed by atoms with van der Waals surface area (Å²) in [5.41, 5.74) is -0.0273. The maximum absolute atomic E-state index is 11.9. The van der Waals surface area contributed by atoms with Gasteiger partial charge in [-0.2, -0.15) is 0 Å². The molecule has 5 heteroatoms. The molecule has 0 radical (unpaired) electrons. The van der Waals surface area contributed by atoms with E-state index in [9.17, 15) is 9.59 Å². The van der Waals surface area contributed by atoms with E-state index in [-0.39, 0.29) is 36.2 Å². The molecule has 1 aliphatic rings. The van der Waals surface area contributed by atoms with Crippen molar-refractivity contribution in [1.82, 2.24) is 10.6 Å². The summed E-state index contributed by atoms with van der Waals surface area (Å²) in [4.78, 5) is 23.0. The first kappa shape index (κ1) is 15.0. The third-order valence-corrected chi connectivity index (χ3v) is 4.13. The van der Waals surface area contributed by atoms with Gasteiger partial charge in [-0.1, -0.05) is 13.8 Å². The highest BCUT2D eigenvalue weighted by molar-refractivity contribution is 5.89. The van der Waals surface area contributed by atoms with Crippen LogP contribution in [-0.2, 0) is 9.59 Å². The van der Waals surface area contributed by atoms with Gasteiger partial charge in [0, 0.05) is 26.1 Å². The van der Waals surface area contributed by atoms with Crippen LogP contribution >= 0.6 is 0 Å². The standard InChI is InChI=1S/C13H24N2O3/c1-3-13(4-2,5-6-16)9-15-12(18)10-7-11(17)14-8-10/h10,16H,3-9H2,1-2H3,(H,14,17)(H,15,18). The lowest BCUT2D eigenvalue weighted by Crippen LogP contribution is -2.40. The summed E-state index contributed by atoms with van der Waals surface area (Å²) >= 11 is 0. The van der Waals surface area contributed by atoms with E-state index in [1.54, 1.807) is 0 Å². The number of aliphatic hydroxyl groups excluding tert-OH is 1. The lowest BCUT2D eigenvalue weighted by atomic mass is 9.79. The Balaban J connectivity index is 2.46. The Hall–Kier alpha value is -1.10. The van der Waals surface area contributed by atoms with Crippen LogP contribution in [0.3, 0.4) is 0 Å². The molecule has 5 nitrogen and oxygen atoms in total. The van der Waals surface area contributed by atoms with Crippen LogP contribution in [-0.4, -0.2) is 36.6 Å². The van der Waals surface area contributed by atoms with Crippen molar-refractivity contribution in [2.45, 2.75) is 39.5 Å². The SMILES string of the molecule is CCC(CC)(CCO)CNC(=O)C1CNC(=O)C1. The first-order valence-electron chi connectivity index (χ1n) is 6.72. The predicted molar refractivity (Wildman–Crippen MR) is 68.8 cm³/mol. The van der Waals surface area contributed by atoms with Crippen molar-refractivity contribution in [2.75, 3.05) is 19.7 Å². The first-order valence-corrected chi connectivity index (χ1v) is 6.72. The van der Waals surface area contributed by atoms with Crippen molar-refractivity contribution in [1.29, 1.82) is 0 Å². The second-order valence-corrected chi connectivity index (χ2v) is 5.10. The molecule has 1 fully saturated rings. The maximum atomic E-state index is 11.9. The molecular weight excluding hydrogens is 232 g/mol. The fourth-order valence-corrected chi connectivity index (χ4v) is 2.39. The molecule has 0 aromatic carbocycles. The van der Waals surface area contributed by atoms with E-state index in [0.29, 0.717) is 19.5 Å². The Labute approximate surface area is 108 Å². The highest BCUT2D eigenvalue weighted by atomic mass is 16.3. The Morgan fingerprint density at radius 2 is 2.17 bits per heavy atom. The Morgan fingerprint density at radius 1 is 1.50 bits per heavy atom. The van der Waals surface area contributed by atoms with Gasteiger partial charge in [-0.25, -0.2) is 0 Å². The highest BCUT2D eigenvalue weighted by Gasteiger charge is 2.31. The molecule has 1 unspecified atom stereocenters. The molecule has 2 amide bonds. The molecule has 1 saturated heterocycles. The second-order valence-electron chi connectivity index (χ2n) is 5.10. The minimum Gasteiger partial charge on any atom is -0.396 e. The molecule has 18 heavy (non-hydrogen) atoms. The molecule has 0 spiro atoms. The molecule has 3 N–H and O–H groups in total. The summed E-state index contributed by atoms with van der Waals surface area (Å²) in [7, 11) is 0. The summed E-state index contributed by atoms with van der Waals surface area (Å²) < 4.78 is 0. The summed E-state index contributed by atoms with van der Waals surface area (Å²) in [5.74, 6) is -0.349. The maximum Gasteiger partial charge on any atom is 0.225 e. The number of nitrogens with one attached hydrogen (secondary N) is 2. The van der Waals surface area contributed by atoms with E-state index >= 15 is 0 Å². The van der Waals surface area contributed by atoms with Crippen LogP contribution in [0.4, 0.5) is 0 Å². The van der Waals surface area contributed by atoms with Crippen molar-refractivity contribution < 1.29 is 14.7 Å². The van der Waals surface area contributed by atoms with Gasteiger partial charge in [-0.05, 0) is 24.7 Å². The number of carbonyl (C=O) groups is 2. The summed E-state index contributed by atoms with van der Waals surface area (Å²) in [6.45, 7) is 5.30. The number of hydrogen-bond acceptors (Lipinski definition) is 3. The topological polar surface area (TPSA) is 78.4 Å². The van der Waals surface area contributed by atoms with Crippen LogP contribution in [0.15, 0.2) is 0 Å². The fourth-order valence-electron chi connectivity index (χ4n) is 2.39. The smallest absolute Gasteiger partial charge is 0.225 e. The first-order chi connectivity index (χ1) is 8.56. The molecule has 104 valence electrons. The lowest BCUT2D eigenvalue weighted by Gasteiger charge is -2.31. The van der Waals surface area contributed by atoms with Gasteiger partial charge >= 0.3 is 0 Å². The largest absolute Gasteiger partial charge is 0.396 e. The van der Waals surface area contributed by atoms with E-state index in [2.05, 4.69) is 24.5 Å². The van der Waals surface area contributed by atoms with Crippen LogP contribution in [0.2, 0.25) is 0 Å². The van der Waals surface area contributed by atoms with Crippen LogP contribution in [0, 0.1) is 11.3 Å². The third kappa shape index (κ3) is 3.70. The molecule has 0 bridgehead atoms. The normalized spacial score (nSPS) is 19.7. The number of aliphatic hydroxyl groups is 1. The zero-order valence-corrected chi connectivity index (χ0v) is 11.3. The van der Waals surface area contributed by atoms with E-state index in [4.69, 9.17) is 5.11 Å².